The largest absolute Gasteiger partial charge is 0.462 e. The van der Waals surface area contributed by atoms with Gasteiger partial charge in [-0.15, -0.1) is 0 Å². The maximum atomic E-state index is 12.9. The molecule has 3 heterocycles. The molecular formula is C23H22N4O4. The molecule has 158 valence electrons. The first-order chi connectivity index (χ1) is 15.2. The third kappa shape index (κ3) is 3.39. The Labute approximate surface area is 178 Å². The number of benzene rings is 2. The highest BCUT2D eigenvalue weighted by Crippen LogP contribution is 2.34. The lowest BCUT2D eigenvalue weighted by molar-refractivity contribution is 0.0503. The summed E-state index contributed by atoms with van der Waals surface area (Å²) in [6, 6.07) is 13.2. The predicted molar refractivity (Wildman–Crippen MR) is 116 cm³/mol. The van der Waals surface area contributed by atoms with E-state index < -0.39 is 5.97 Å². The predicted octanol–water partition coefficient (Wildman–Crippen LogP) is 3.90. The molecule has 1 aliphatic rings. The number of unbranched alkanes of at least 4 members (excludes halogenated alkanes) is 1. The van der Waals surface area contributed by atoms with E-state index in [0.29, 0.717) is 41.3 Å². The van der Waals surface area contributed by atoms with Gasteiger partial charge < -0.3 is 24.5 Å². The Morgan fingerprint density at radius 1 is 1.13 bits per heavy atom. The van der Waals surface area contributed by atoms with Gasteiger partial charge in [-0.25, -0.2) is 14.8 Å². The van der Waals surface area contributed by atoms with Crippen molar-refractivity contribution in [2.45, 2.75) is 26.3 Å². The van der Waals surface area contributed by atoms with Crippen LogP contribution < -0.4 is 15.2 Å². The highest BCUT2D eigenvalue weighted by molar-refractivity contribution is 6.08. The number of nitrogens with two attached hydrogens (primary N) is 1. The number of carbonyl (C=O) groups excluding carboxylic acids is 1. The van der Waals surface area contributed by atoms with Crippen LogP contribution in [-0.2, 0) is 11.3 Å². The molecule has 2 N–H and O–H groups in total. The van der Waals surface area contributed by atoms with E-state index in [1.54, 1.807) is 4.57 Å². The number of nitrogens with zero attached hydrogens (tertiary/aromatic N) is 3. The zero-order chi connectivity index (χ0) is 21.4. The van der Waals surface area contributed by atoms with E-state index in [-0.39, 0.29) is 18.2 Å². The van der Waals surface area contributed by atoms with Crippen LogP contribution in [0.5, 0.6) is 11.5 Å². The number of ether oxygens (including phenoxy) is 3. The van der Waals surface area contributed by atoms with Gasteiger partial charge in [-0.2, -0.15) is 0 Å². The zero-order valence-electron chi connectivity index (χ0n) is 17.1. The first kappa shape index (κ1) is 19.2. The van der Waals surface area contributed by atoms with Crippen molar-refractivity contribution in [3.05, 3.63) is 53.6 Å². The minimum absolute atomic E-state index is 0.207. The number of aromatic nitrogens is 3. The van der Waals surface area contributed by atoms with Gasteiger partial charge in [0, 0.05) is 0 Å². The average molecular weight is 418 g/mol. The standard InChI is InChI=1S/C23H22N4O4/c1-2-3-10-29-23(28)19-20-22(26-16-7-5-4-6-15(16)25-20)27(21(19)24)12-14-8-9-17-18(11-14)31-13-30-17/h4-9,11H,2-3,10,12-13,24H2,1H3. The van der Waals surface area contributed by atoms with Gasteiger partial charge in [0.1, 0.15) is 16.9 Å². The highest BCUT2D eigenvalue weighted by Gasteiger charge is 2.25. The van der Waals surface area contributed by atoms with Crippen LogP contribution in [0.3, 0.4) is 0 Å². The van der Waals surface area contributed by atoms with E-state index >= 15 is 0 Å². The summed E-state index contributed by atoms with van der Waals surface area (Å²) in [6.45, 7) is 2.98. The van der Waals surface area contributed by atoms with Crippen molar-refractivity contribution in [1.29, 1.82) is 0 Å². The molecule has 0 fully saturated rings. The van der Waals surface area contributed by atoms with Crippen LogP contribution in [0.2, 0.25) is 0 Å². The molecule has 5 rings (SSSR count). The van der Waals surface area contributed by atoms with Crippen LogP contribution in [0, 0.1) is 0 Å². The van der Waals surface area contributed by atoms with Crippen molar-refractivity contribution in [2.24, 2.45) is 0 Å². The normalized spacial score (nSPS) is 12.5. The van der Waals surface area contributed by atoms with Crippen molar-refractivity contribution in [3.8, 4) is 11.5 Å². The fourth-order valence-electron chi connectivity index (χ4n) is 3.68. The van der Waals surface area contributed by atoms with Crippen molar-refractivity contribution >= 4 is 34.0 Å². The monoisotopic (exact) mass is 418 g/mol. The summed E-state index contributed by atoms with van der Waals surface area (Å²) in [4.78, 5) is 22.4. The molecule has 31 heavy (non-hydrogen) atoms. The molecule has 8 nitrogen and oxygen atoms in total. The molecule has 8 heteroatoms. The Kier molecular flexibility index (Phi) is 4.82. The molecule has 0 saturated carbocycles. The van der Waals surface area contributed by atoms with Gasteiger partial charge in [-0.1, -0.05) is 31.5 Å². The fraction of sp³-hybridized carbons (Fsp3) is 0.261. The molecule has 0 spiro atoms. The fourth-order valence-corrected chi connectivity index (χ4v) is 3.68. The van der Waals surface area contributed by atoms with Gasteiger partial charge in [-0.05, 0) is 36.2 Å². The molecule has 4 aromatic rings. The van der Waals surface area contributed by atoms with Crippen LogP contribution in [0.25, 0.3) is 22.2 Å². The lowest BCUT2D eigenvalue weighted by Crippen LogP contribution is -2.11. The first-order valence-electron chi connectivity index (χ1n) is 10.3. The molecule has 0 aliphatic carbocycles. The Bertz CT molecular complexity index is 1300. The third-order valence-corrected chi connectivity index (χ3v) is 5.30. The Morgan fingerprint density at radius 3 is 2.71 bits per heavy atom. The maximum Gasteiger partial charge on any atom is 0.344 e. The zero-order valence-corrected chi connectivity index (χ0v) is 17.1. The van der Waals surface area contributed by atoms with Crippen molar-refractivity contribution in [2.75, 3.05) is 19.1 Å². The minimum atomic E-state index is -0.482. The Balaban J connectivity index is 1.63. The second-order valence-electron chi connectivity index (χ2n) is 7.41. The number of fused-ring (bicyclic) bond motifs is 3. The number of hydrogen-bond acceptors (Lipinski definition) is 7. The van der Waals surface area contributed by atoms with Crippen LogP contribution >= 0.6 is 0 Å². The quantitative estimate of drug-likeness (QED) is 0.374. The topological polar surface area (TPSA) is 101 Å². The summed E-state index contributed by atoms with van der Waals surface area (Å²) in [7, 11) is 0. The molecule has 0 atom stereocenters. The van der Waals surface area contributed by atoms with E-state index in [0.717, 1.165) is 23.9 Å². The lowest BCUT2D eigenvalue weighted by atomic mass is 10.2. The van der Waals surface area contributed by atoms with Crippen molar-refractivity contribution < 1.29 is 19.0 Å². The van der Waals surface area contributed by atoms with E-state index in [2.05, 4.69) is 0 Å². The van der Waals surface area contributed by atoms with E-state index in [9.17, 15) is 4.79 Å². The van der Waals surface area contributed by atoms with E-state index in [1.165, 1.54) is 0 Å². The highest BCUT2D eigenvalue weighted by atomic mass is 16.7. The SMILES string of the molecule is CCCCOC(=O)c1c(N)n(Cc2ccc3c(c2)OCO3)c2nc3ccccc3nc12. The molecule has 2 aromatic heterocycles. The number of hydrogen-bond donors (Lipinski definition) is 1. The second kappa shape index (κ2) is 7.79. The molecule has 0 radical (unpaired) electrons. The average Bonchev–Trinajstić information content (AvgIpc) is 3.34. The third-order valence-electron chi connectivity index (χ3n) is 5.30. The van der Waals surface area contributed by atoms with Crippen molar-refractivity contribution in [1.82, 2.24) is 14.5 Å². The summed E-state index contributed by atoms with van der Waals surface area (Å²) < 4.78 is 18.1. The van der Waals surface area contributed by atoms with Crippen LogP contribution in [0.1, 0.15) is 35.7 Å². The van der Waals surface area contributed by atoms with E-state index in [4.69, 9.17) is 29.9 Å². The summed E-state index contributed by atoms with van der Waals surface area (Å²) in [5.41, 5.74) is 10.1. The van der Waals surface area contributed by atoms with Gasteiger partial charge in [0.25, 0.3) is 0 Å². The summed E-state index contributed by atoms with van der Waals surface area (Å²) in [5, 5.41) is 0. The van der Waals surface area contributed by atoms with Gasteiger partial charge in [-0.3, -0.25) is 0 Å². The number of para-hydroxylation sites is 2. The van der Waals surface area contributed by atoms with Crippen molar-refractivity contribution in [3.63, 3.8) is 0 Å². The van der Waals surface area contributed by atoms with Crippen LogP contribution in [-0.4, -0.2) is 33.9 Å². The van der Waals surface area contributed by atoms with E-state index in [1.807, 2.05) is 49.4 Å². The van der Waals surface area contributed by atoms with Gasteiger partial charge >= 0.3 is 5.97 Å². The molecule has 0 unspecified atom stereocenters. The first-order valence-corrected chi connectivity index (χ1v) is 10.3. The summed E-state index contributed by atoms with van der Waals surface area (Å²) in [6.07, 6.45) is 1.72. The smallest absolute Gasteiger partial charge is 0.344 e. The molecule has 0 saturated heterocycles. The number of anilines is 1. The van der Waals surface area contributed by atoms with Gasteiger partial charge in [0.05, 0.1) is 24.2 Å². The molecule has 2 aromatic carbocycles. The summed E-state index contributed by atoms with van der Waals surface area (Å²) in [5.74, 6) is 1.19. The molecule has 0 bridgehead atoms. The number of carbonyl (C=O) groups is 1. The Hall–Kier alpha value is -3.81. The molecule has 0 amide bonds. The van der Waals surface area contributed by atoms with Crippen LogP contribution in [0.4, 0.5) is 5.82 Å². The summed E-state index contributed by atoms with van der Waals surface area (Å²) >= 11 is 0. The maximum absolute atomic E-state index is 12.9. The Morgan fingerprint density at radius 2 is 1.90 bits per heavy atom. The minimum Gasteiger partial charge on any atom is -0.462 e. The number of esters is 1. The lowest BCUT2D eigenvalue weighted by Gasteiger charge is -2.09. The second-order valence-corrected chi connectivity index (χ2v) is 7.41. The van der Waals surface area contributed by atoms with Gasteiger partial charge in [0.15, 0.2) is 17.1 Å². The number of rotatable bonds is 6. The molecular weight excluding hydrogens is 396 g/mol. The van der Waals surface area contributed by atoms with Crippen LogP contribution in [0.15, 0.2) is 42.5 Å². The number of nitrogen functional groups attached to an aromatic ring is 1. The van der Waals surface area contributed by atoms with Gasteiger partial charge in [0.2, 0.25) is 6.79 Å². The molecule has 1 aliphatic heterocycles.